The molecule has 0 aliphatic carbocycles. The lowest BCUT2D eigenvalue weighted by Crippen LogP contribution is -2.42. The topological polar surface area (TPSA) is 127 Å². The normalized spacial score (nSPS) is 18.8. The fourth-order valence-corrected chi connectivity index (χ4v) is 5.01. The zero-order valence-electron chi connectivity index (χ0n) is 23.4. The van der Waals surface area contributed by atoms with Gasteiger partial charge in [0, 0.05) is 28.5 Å². The van der Waals surface area contributed by atoms with Gasteiger partial charge in [-0.2, -0.15) is 0 Å². The molecule has 4 aromatic rings. The van der Waals surface area contributed by atoms with Gasteiger partial charge in [-0.05, 0) is 62.4 Å². The van der Waals surface area contributed by atoms with E-state index in [2.05, 4.69) is 20.5 Å². The van der Waals surface area contributed by atoms with E-state index >= 15 is 4.39 Å². The summed E-state index contributed by atoms with van der Waals surface area (Å²) in [6.45, 7) is 2.42. The monoisotopic (exact) mass is 600 g/mol. The molecule has 226 valence electrons. The van der Waals surface area contributed by atoms with Crippen molar-refractivity contribution in [1.29, 1.82) is 0 Å². The molecule has 1 fully saturated rings. The first-order chi connectivity index (χ1) is 20.3. The van der Waals surface area contributed by atoms with Crippen LogP contribution in [0.3, 0.4) is 0 Å². The van der Waals surface area contributed by atoms with Gasteiger partial charge in [0.15, 0.2) is 5.82 Å². The van der Waals surface area contributed by atoms with Crippen molar-refractivity contribution in [3.05, 3.63) is 82.7 Å². The Kier molecular flexibility index (Phi) is 8.07. The van der Waals surface area contributed by atoms with Crippen LogP contribution in [0.5, 0.6) is 5.75 Å². The average Bonchev–Trinajstić information content (AvgIpc) is 3.36. The van der Waals surface area contributed by atoms with Crippen LogP contribution in [0.1, 0.15) is 54.0 Å². The third kappa shape index (κ3) is 6.01. The molecule has 43 heavy (non-hydrogen) atoms. The summed E-state index contributed by atoms with van der Waals surface area (Å²) in [4.78, 5) is 17.8. The molecule has 1 unspecified atom stereocenters. The highest BCUT2D eigenvalue weighted by Crippen LogP contribution is 2.39. The van der Waals surface area contributed by atoms with Crippen molar-refractivity contribution in [3.63, 3.8) is 0 Å². The Morgan fingerprint density at radius 3 is 2.49 bits per heavy atom. The van der Waals surface area contributed by atoms with Crippen LogP contribution in [0.2, 0.25) is 0 Å². The number of halogens is 4. The summed E-state index contributed by atoms with van der Waals surface area (Å²) in [5.41, 5.74) is -3.39. The lowest BCUT2D eigenvalue weighted by Gasteiger charge is -2.30. The van der Waals surface area contributed by atoms with E-state index in [0.29, 0.717) is 0 Å². The molecule has 2 aromatic carbocycles. The quantitative estimate of drug-likeness (QED) is 0.252. The lowest BCUT2D eigenvalue weighted by atomic mass is 9.88. The molecule has 1 aliphatic rings. The van der Waals surface area contributed by atoms with Crippen LogP contribution < -0.4 is 10.1 Å². The number of hydrogen-bond acceptors (Lipinski definition) is 8. The fourth-order valence-electron chi connectivity index (χ4n) is 5.01. The largest absolute Gasteiger partial charge is 0.494 e. The van der Waals surface area contributed by atoms with Gasteiger partial charge in [0.25, 0.3) is 12.3 Å². The van der Waals surface area contributed by atoms with E-state index in [1.54, 1.807) is 0 Å². The van der Waals surface area contributed by atoms with Crippen molar-refractivity contribution in [2.75, 3.05) is 20.3 Å². The first kappa shape index (κ1) is 30.3. The van der Waals surface area contributed by atoms with E-state index in [0.717, 1.165) is 18.2 Å². The third-order valence-electron chi connectivity index (χ3n) is 7.23. The average molecular weight is 601 g/mol. The number of fused-ring (bicyclic) bond motifs is 1. The second-order valence-corrected chi connectivity index (χ2v) is 10.8. The Bertz CT molecular complexity index is 1680. The molecule has 9 nitrogen and oxygen atoms in total. The molecule has 13 heteroatoms. The van der Waals surface area contributed by atoms with Crippen molar-refractivity contribution in [1.82, 2.24) is 20.5 Å². The van der Waals surface area contributed by atoms with Crippen molar-refractivity contribution in [2.45, 2.75) is 44.0 Å². The maximum atomic E-state index is 15.7. The standard InChI is InChI=1S/C30H28F4N4O5/c1-29(2,41)20-11-23(36-26(24(20)32)15-4-6-18(31)7-5-15)30(12-19(39)13-43-30)14-35-28(40)17-8-16-9-21(27(33)34)37-38-25(16)22(10-17)42-3/h4-11,19,27,39,41H,12-14H2,1-3H3,(H,35,40)/t19-,30?/m1/s1. The van der Waals surface area contributed by atoms with Crippen LogP contribution in [0.4, 0.5) is 17.6 Å². The van der Waals surface area contributed by atoms with Gasteiger partial charge >= 0.3 is 0 Å². The number of alkyl halides is 2. The number of hydrogen-bond donors (Lipinski definition) is 3. The molecule has 2 aromatic heterocycles. The van der Waals surface area contributed by atoms with Crippen LogP contribution in [0.25, 0.3) is 22.2 Å². The number of aliphatic hydroxyl groups excluding tert-OH is 1. The van der Waals surface area contributed by atoms with Crippen LogP contribution in [-0.4, -0.2) is 57.7 Å². The highest BCUT2D eigenvalue weighted by molar-refractivity contribution is 5.99. The molecule has 3 heterocycles. The van der Waals surface area contributed by atoms with Crippen molar-refractivity contribution >= 4 is 16.8 Å². The molecule has 1 saturated heterocycles. The number of aromatic nitrogens is 3. The van der Waals surface area contributed by atoms with Crippen LogP contribution in [0, 0.1) is 11.6 Å². The van der Waals surface area contributed by atoms with Gasteiger partial charge in [-0.3, -0.25) is 4.79 Å². The molecule has 1 aliphatic heterocycles. The van der Waals surface area contributed by atoms with E-state index in [1.165, 1.54) is 51.3 Å². The van der Waals surface area contributed by atoms with Gasteiger partial charge in [0.05, 0.1) is 37.7 Å². The van der Waals surface area contributed by atoms with Crippen molar-refractivity contribution in [3.8, 4) is 17.0 Å². The minimum atomic E-state index is -2.87. The van der Waals surface area contributed by atoms with E-state index in [1.807, 2.05) is 0 Å². The molecule has 0 bridgehead atoms. The zero-order valence-corrected chi connectivity index (χ0v) is 23.4. The molecule has 0 spiro atoms. The summed E-state index contributed by atoms with van der Waals surface area (Å²) in [6.07, 6.45) is -3.85. The summed E-state index contributed by atoms with van der Waals surface area (Å²) in [6, 6.07) is 10.1. The van der Waals surface area contributed by atoms with Gasteiger partial charge < -0.3 is 25.0 Å². The predicted octanol–water partition coefficient (Wildman–Crippen LogP) is 4.55. The van der Waals surface area contributed by atoms with Gasteiger partial charge in [-0.1, -0.05) is 0 Å². The highest BCUT2D eigenvalue weighted by Gasteiger charge is 2.44. The highest BCUT2D eigenvalue weighted by atomic mass is 19.3. The number of carbonyl (C=O) groups excluding carboxylic acids is 1. The molecular weight excluding hydrogens is 572 g/mol. The minimum absolute atomic E-state index is 0.0333. The molecule has 3 N–H and O–H groups in total. The van der Waals surface area contributed by atoms with Crippen LogP contribution in [-0.2, 0) is 15.9 Å². The summed E-state index contributed by atoms with van der Waals surface area (Å²) in [7, 11) is 1.33. The van der Waals surface area contributed by atoms with Gasteiger partial charge in [-0.15, -0.1) is 10.2 Å². The summed E-state index contributed by atoms with van der Waals surface area (Å²) >= 11 is 0. The number of methoxy groups -OCH3 is 1. The molecule has 5 rings (SSSR count). The Morgan fingerprint density at radius 2 is 1.88 bits per heavy atom. The van der Waals surface area contributed by atoms with Crippen molar-refractivity contribution in [2.24, 2.45) is 0 Å². The summed E-state index contributed by atoms with van der Waals surface area (Å²) < 4.78 is 67.1. The van der Waals surface area contributed by atoms with Gasteiger partial charge in [0.1, 0.15) is 34.1 Å². The number of carbonyl (C=O) groups is 1. The predicted molar refractivity (Wildman–Crippen MR) is 146 cm³/mol. The van der Waals surface area contributed by atoms with Crippen LogP contribution in [0.15, 0.2) is 48.5 Å². The van der Waals surface area contributed by atoms with Crippen LogP contribution >= 0.6 is 0 Å². The number of amides is 1. The second-order valence-electron chi connectivity index (χ2n) is 10.8. The number of rotatable bonds is 8. The second kappa shape index (κ2) is 11.5. The third-order valence-corrected chi connectivity index (χ3v) is 7.23. The molecule has 1 amide bonds. The Morgan fingerprint density at radius 1 is 1.16 bits per heavy atom. The van der Waals surface area contributed by atoms with Crippen molar-refractivity contribution < 1.29 is 42.0 Å². The fraction of sp³-hybridized carbons (Fsp3) is 0.333. The first-order valence-corrected chi connectivity index (χ1v) is 13.2. The Hall–Kier alpha value is -4.20. The maximum Gasteiger partial charge on any atom is 0.282 e. The molecule has 2 atom stereocenters. The number of nitrogens with zero attached hydrogens (tertiary/aromatic N) is 3. The zero-order chi connectivity index (χ0) is 31.1. The number of nitrogens with one attached hydrogen (secondary N) is 1. The Labute approximate surface area is 243 Å². The maximum absolute atomic E-state index is 15.7. The first-order valence-electron chi connectivity index (χ1n) is 13.2. The number of benzene rings is 2. The molecular formula is C30H28F4N4O5. The number of ether oxygens (including phenoxy) is 2. The van der Waals surface area contributed by atoms with Gasteiger partial charge in [-0.25, -0.2) is 22.5 Å². The van der Waals surface area contributed by atoms with E-state index in [4.69, 9.17) is 9.47 Å². The molecule has 0 saturated carbocycles. The van der Waals surface area contributed by atoms with E-state index in [-0.39, 0.29) is 64.3 Å². The lowest BCUT2D eigenvalue weighted by molar-refractivity contribution is -0.00530. The number of aliphatic hydroxyl groups is 2. The summed E-state index contributed by atoms with van der Waals surface area (Å²) in [5, 5.41) is 31.5. The number of pyridine rings is 1. The van der Waals surface area contributed by atoms with E-state index in [9.17, 15) is 28.2 Å². The minimum Gasteiger partial charge on any atom is -0.494 e. The summed E-state index contributed by atoms with van der Waals surface area (Å²) in [5.74, 6) is -1.86. The molecule has 0 radical (unpaired) electrons. The smallest absolute Gasteiger partial charge is 0.282 e. The Balaban J connectivity index is 1.54. The van der Waals surface area contributed by atoms with E-state index < -0.39 is 47.0 Å². The van der Waals surface area contributed by atoms with Gasteiger partial charge in [0.2, 0.25) is 0 Å². The SMILES string of the molecule is COc1cc(C(=O)NCC2(c3cc(C(C)(C)O)c(F)c(-c4ccc(F)cc4)n3)C[C@@H](O)CO2)cc2cc(C(F)F)nnc12.